The number of fused-ring (bicyclic) bond motifs is 1. The number of rotatable bonds is 6. The van der Waals surface area contributed by atoms with E-state index in [1.165, 1.54) is 25.5 Å². The molecule has 1 saturated heterocycles. The number of hydrogen-bond acceptors (Lipinski definition) is 8. The second kappa shape index (κ2) is 10.4. The van der Waals surface area contributed by atoms with E-state index in [0.717, 1.165) is 35.7 Å². The summed E-state index contributed by atoms with van der Waals surface area (Å²) in [6.45, 7) is 5.59. The number of likely N-dealkylation sites (tertiary alicyclic amines) is 1. The van der Waals surface area contributed by atoms with E-state index in [2.05, 4.69) is 51.8 Å². The van der Waals surface area contributed by atoms with Crippen LogP contribution in [0.2, 0.25) is 0 Å². The van der Waals surface area contributed by atoms with Gasteiger partial charge in [-0.05, 0) is 82.1 Å². The number of nitrogens with one attached hydrogen (secondary N) is 2. The number of methoxy groups -OCH3 is 1. The number of anilines is 2. The van der Waals surface area contributed by atoms with Gasteiger partial charge < -0.3 is 24.8 Å². The van der Waals surface area contributed by atoms with Crippen molar-refractivity contribution in [2.24, 2.45) is 17.8 Å². The number of nitrogens with zero attached hydrogens (tertiary/aromatic N) is 3. The number of sulfone groups is 1. The van der Waals surface area contributed by atoms with Gasteiger partial charge in [0.05, 0.1) is 27.2 Å². The highest BCUT2D eigenvalue weighted by atomic mass is 32.2. The predicted molar refractivity (Wildman–Crippen MR) is 157 cm³/mol. The minimum atomic E-state index is -3.54. The van der Waals surface area contributed by atoms with Gasteiger partial charge in [0.25, 0.3) is 5.97 Å². The molecule has 208 valence electrons. The fourth-order valence-electron chi connectivity index (χ4n) is 5.35. The molecule has 1 atom stereocenters. The lowest BCUT2D eigenvalue weighted by molar-refractivity contribution is 0.0273. The molecule has 0 aliphatic carbocycles. The van der Waals surface area contributed by atoms with E-state index < -0.39 is 21.1 Å². The summed E-state index contributed by atoms with van der Waals surface area (Å²) in [4.78, 5) is 7.21. The van der Waals surface area contributed by atoms with E-state index in [1.807, 2.05) is 17.7 Å². The van der Waals surface area contributed by atoms with Gasteiger partial charge >= 0.3 is 0 Å². The highest BCUT2D eigenvalue weighted by Gasteiger charge is 2.35. The quantitative estimate of drug-likeness (QED) is 0.395. The van der Waals surface area contributed by atoms with Crippen LogP contribution in [0, 0.1) is 0 Å². The van der Waals surface area contributed by atoms with Crippen molar-refractivity contribution in [1.29, 1.82) is 0 Å². The highest BCUT2D eigenvalue weighted by molar-refractivity contribution is 7.92. The number of nitrogens with two attached hydrogens (primary N) is 1. The Hall–Kier alpha value is -3.18. The number of aromatic nitrogens is 1. The Kier molecular flexibility index (Phi) is 7.32. The normalized spacial score (nSPS) is 20.4. The second-order valence-electron chi connectivity index (χ2n) is 10.8. The van der Waals surface area contributed by atoms with Gasteiger partial charge in [-0.3, -0.25) is 5.73 Å². The van der Waals surface area contributed by atoms with Crippen LogP contribution < -0.4 is 16.4 Å². The van der Waals surface area contributed by atoms with Crippen LogP contribution in [-0.2, 0) is 21.6 Å². The number of hydrogen-bond donors (Lipinski definition) is 3. The fourth-order valence-corrected chi connectivity index (χ4v) is 6.55. The largest absolute Gasteiger partial charge is 0.339 e. The number of benzene rings is 2. The van der Waals surface area contributed by atoms with E-state index in [4.69, 9.17) is 10.5 Å². The van der Waals surface area contributed by atoms with Crippen molar-refractivity contribution in [1.82, 2.24) is 9.47 Å². The Labute approximate surface area is 231 Å². The van der Waals surface area contributed by atoms with E-state index >= 15 is 0 Å². The zero-order valence-electron chi connectivity index (χ0n) is 23.2. The first-order valence-electron chi connectivity index (χ1n) is 13.3. The van der Waals surface area contributed by atoms with Crippen LogP contribution in [0.4, 0.5) is 11.4 Å². The lowest BCUT2D eigenvalue weighted by Gasteiger charge is -2.31. The summed E-state index contributed by atoms with van der Waals surface area (Å²) >= 11 is 0. The smallest absolute Gasteiger partial charge is 0.299 e. The van der Waals surface area contributed by atoms with Crippen LogP contribution in [0.3, 0.4) is 0 Å². The third-order valence-corrected chi connectivity index (χ3v) is 10.0. The number of piperidine rings is 1. The van der Waals surface area contributed by atoms with E-state index in [-0.39, 0.29) is 4.90 Å². The molecule has 3 aromatic rings. The maximum absolute atomic E-state index is 13.1. The number of aliphatic imine (C=N–C) groups is 1. The predicted octanol–water partition coefficient (Wildman–Crippen LogP) is 4.18. The van der Waals surface area contributed by atoms with Crippen LogP contribution in [0.5, 0.6) is 0 Å². The van der Waals surface area contributed by atoms with Crippen LogP contribution in [-0.4, -0.2) is 62.2 Å². The molecule has 2 aliphatic heterocycles. The first-order valence-corrected chi connectivity index (χ1v) is 14.9. The monoisotopic (exact) mass is 550 g/mol. The number of para-hydroxylation sites is 1. The van der Waals surface area contributed by atoms with Crippen LogP contribution in [0.15, 0.2) is 64.5 Å². The molecular weight excluding hydrogens is 512 g/mol. The maximum Gasteiger partial charge on any atom is 0.299 e. The summed E-state index contributed by atoms with van der Waals surface area (Å²) in [6.07, 6.45) is 2.35. The highest BCUT2D eigenvalue weighted by Crippen LogP contribution is 2.36. The first-order chi connectivity index (χ1) is 18.5. The van der Waals surface area contributed by atoms with Crippen molar-refractivity contribution < 1.29 is 13.2 Å². The average Bonchev–Trinajstić information content (AvgIpc) is 3.25. The van der Waals surface area contributed by atoms with Gasteiger partial charge in [-0.15, -0.1) is 0 Å². The van der Waals surface area contributed by atoms with Crippen LogP contribution in [0.25, 0.3) is 11.3 Å². The van der Waals surface area contributed by atoms with Crippen molar-refractivity contribution in [2.75, 3.05) is 37.9 Å². The Morgan fingerprint density at radius 3 is 2.41 bits per heavy atom. The summed E-state index contributed by atoms with van der Waals surface area (Å²) in [5.41, 5.74) is 11.7. The molecule has 0 radical (unpaired) electrons. The standard InChI is InChI=1S/C29H38N6O3S/c1-19(2)39(36,37)26-9-7-6-8-23(26)31-28-27-24(32-29(30,33-28)38-5)18-25(35(27)4)22-12-10-20(11-13-22)21-14-16-34(3)17-15-21/h6-13,18-19,21,32H,14-17,30H2,1-5H3,(H,31,33). The SMILES string of the molecule is COC1(N)N=C(Nc2ccccc2S(=O)(=O)C(C)C)c2c(cc(-c3ccc(C4CCN(C)CC4)cc3)n2C)N1. The molecule has 10 heteroatoms. The Balaban J connectivity index is 1.51. The summed E-state index contributed by atoms with van der Waals surface area (Å²) in [5, 5.41) is 5.88. The molecule has 9 nitrogen and oxygen atoms in total. The number of ether oxygens (including phenoxy) is 1. The molecule has 2 aromatic carbocycles. The Bertz CT molecular complexity index is 1490. The fraction of sp³-hybridized carbons (Fsp3) is 0.414. The molecule has 1 aromatic heterocycles. The van der Waals surface area contributed by atoms with E-state index in [1.54, 1.807) is 38.1 Å². The van der Waals surface area contributed by atoms with Crippen molar-refractivity contribution in [3.05, 3.63) is 65.9 Å². The molecule has 0 bridgehead atoms. The first kappa shape index (κ1) is 27.4. The molecule has 2 aliphatic rings. The summed E-state index contributed by atoms with van der Waals surface area (Å²) in [7, 11) is 2.08. The Morgan fingerprint density at radius 2 is 1.77 bits per heavy atom. The third kappa shape index (κ3) is 5.21. The van der Waals surface area contributed by atoms with E-state index in [0.29, 0.717) is 17.4 Å². The average molecular weight is 551 g/mol. The molecule has 5 rings (SSSR count). The summed E-state index contributed by atoms with van der Waals surface area (Å²) < 4.78 is 33.7. The molecule has 3 heterocycles. The molecule has 4 N–H and O–H groups in total. The van der Waals surface area contributed by atoms with Crippen LogP contribution in [0.1, 0.15) is 43.9 Å². The zero-order chi connectivity index (χ0) is 27.9. The topological polar surface area (TPSA) is 114 Å². The second-order valence-corrected chi connectivity index (χ2v) is 13.2. The van der Waals surface area contributed by atoms with Gasteiger partial charge in [-0.1, -0.05) is 36.4 Å². The van der Waals surface area contributed by atoms with Gasteiger partial charge in [-0.2, -0.15) is 4.99 Å². The lowest BCUT2D eigenvalue weighted by atomic mass is 9.89. The molecule has 0 saturated carbocycles. The maximum atomic E-state index is 13.1. The minimum absolute atomic E-state index is 0.210. The molecular formula is C29H38N6O3S. The molecule has 1 unspecified atom stereocenters. The van der Waals surface area contributed by atoms with Crippen molar-refractivity contribution in [2.45, 2.75) is 48.7 Å². The molecule has 0 amide bonds. The van der Waals surface area contributed by atoms with Crippen LogP contribution >= 0.6 is 0 Å². The van der Waals surface area contributed by atoms with Crippen molar-refractivity contribution >= 4 is 27.0 Å². The molecule has 0 spiro atoms. The van der Waals surface area contributed by atoms with Crippen molar-refractivity contribution in [3.63, 3.8) is 0 Å². The van der Waals surface area contributed by atoms with Gasteiger partial charge in [0, 0.05) is 14.2 Å². The van der Waals surface area contributed by atoms with Gasteiger partial charge in [0.15, 0.2) is 15.7 Å². The third-order valence-electron chi connectivity index (χ3n) is 7.82. The van der Waals surface area contributed by atoms with Crippen molar-refractivity contribution in [3.8, 4) is 11.3 Å². The molecule has 1 fully saturated rings. The van der Waals surface area contributed by atoms with Gasteiger partial charge in [0.1, 0.15) is 5.69 Å². The van der Waals surface area contributed by atoms with Gasteiger partial charge in [-0.25, -0.2) is 8.42 Å². The minimum Gasteiger partial charge on any atom is -0.339 e. The van der Waals surface area contributed by atoms with E-state index in [9.17, 15) is 8.42 Å². The number of amidine groups is 1. The summed E-state index contributed by atoms with van der Waals surface area (Å²) in [5.74, 6) is -0.517. The van der Waals surface area contributed by atoms with Gasteiger partial charge in [0.2, 0.25) is 0 Å². The molecule has 39 heavy (non-hydrogen) atoms. The zero-order valence-corrected chi connectivity index (χ0v) is 24.0. The lowest BCUT2D eigenvalue weighted by Crippen LogP contribution is -2.51. The summed E-state index contributed by atoms with van der Waals surface area (Å²) in [6, 6.07) is 17.6. The Morgan fingerprint density at radius 1 is 1.10 bits per heavy atom.